The molecule has 0 radical (unpaired) electrons. The second-order valence-electron chi connectivity index (χ2n) is 5.12. The number of halogens is 1. The number of aliphatic hydroxyl groups is 1. The van der Waals surface area contributed by atoms with Gasteiger partial charge in [0.05, 0.1) is 6.20 Å². The maximum absolute atomic E-state index is 12.9. The highest BCUT2D eigenvalue weighted by Crippen LogP contribution is 2.26. The van der Waals surface area contributed by atoms with Crippen molar-refractivity contribution in [3.8, 4) is 22.8 Å². The molecule has 0 unspecified atom stereocenters. The lowest BCUT2D eigenvalue weighted by molar-refractivity contribution is 0.299. The lowest BCUT2D eigenvalue weighted by atomic mass is 10.0. The highest BCUT2D eigenvalue weighted by Gasteiger charge is 2.03. The first-order valence-electron chi connectivity index (χ1n) is 7.34. The molecule has 0 aliphatic heterocycles. The molecule has 0 fully saturated rings. The van der Waals surface area contributed by atoms with Gasteiger partial charge < -0.3 is 9.84 Å². The number of hydrogen-bond donors (Lipinski definition) is 1. The van der Waals surface area contributed by atoms with E-state index in [1.54, 1.807) is 0 Å². The summed E-state index contributed by atoms with van der Waals surface area (Å²) in [5.74, 6) is 0.594. The molecule has 1 N–H and O–H groups in total. The van der Waals surface area contributed by atoms with Crippen LogP contribution in [0.5, 0.6) is 11.6 Å². The molecule has 0 saturated heterocycles. The van der Waals surface area contributed by atoms with Gasteiger partial charge in [0, 0.05) is 12.7 Å². The smallest absolute Gasteiger partial charge is 0.219 e. The van der Waals surface area contributed by atoms with E-state index < -0.39 is 5.82 Å². The van der Waals surface area contributed by atoms with Crippen molar-refractivity contribution in [2.24, 2.45) is 0 Å². The van der Waals surface area contributed by atoms with Crippen LogP contribution in [-0.4, -0.2) is 16.7 Å². The predicted octanol–water partition coefficient (Wildman–Crippen LogP) is 4.21. The van der Waals surface area contributed by atoms with E-state index in [1.165, 1.54) is 12.1 Å². The third-order valence-corrected chi connectivity index (χ3v) is 3.44. The first kappa shape index (κ1) is 15.2. The molecule has 0 aliphatic carbocycles. The third kappa shape index (κ3) is 3.93. The average molecular weight is 309 g/mol. The van der Waals surface area contributed by atoms with E-state index in [0.717, 1.165) is 22.9 Å². The third-order valence-electron chi connectivity index (χ3n) is 3.44. The van der Waals surface area contributed by atoms with Gasteiger partial charge in [0.25, 0.3) is 0 Å². The minimum atomic E-state index is -0.394. The quantitative estimate of drug-likeness (QED) is 0.767. The lowest BCUT2D eigenvalue weighted by Crippen LogP contribution is -1.90. The van der Waals surface area contributed by atoms with E-state index in [2.05, 4.69) is 4.98 Å². The molecule has 0 bridgehead atoms. The minimum Gasteiger partial charge on any atom is -0.439 e. The summed E-state index contributed by atoms with van der Waals surface area (Å²) in [6, 6.07) is 18.5. The number of aromatic nitrogens is 1. The number of benzene rings is 2. The van der Waals surface area contributed by atoms with E-state index >= 15 is 0 Å². The molecular formula is C19H16FNO2. The van der Waals surface area contributed by atoms with Crippen molar-refractivity contribution in [1.29, 1.82) is 0 Å². The summed E-state index contributed by atoms with van der Waals surface area (Å²) in [5.41, 5.74) is 3.17. The number of ether oxygens (including phenoxy) is 1. The molecule has 0 saturated carbocycles. The standard InChI is InChI=1S/C19H16FNO2/c20-17-8-9-19(21-13-17)23-18-3-1-2-16(12-18)15-6-4-14(5-7-15)10-11-22/h1-9,12-13,22H,10-11H2. The SMILES string of the molecule is OCCc1ccc(-c2cccc(Oc3ccc(F)cn3)c2)cc1. The van der Waals surface area contributed by atoms with E-state index in [9.17, 15) is 4.39 Å². The Morgan fingerprint density at radius 1 is 0.957 bits per heavy atom. The number of aliphatic hydroxyl groups excluding tert-OH is 1. The molecule has 23 heavy (non-hydrogen) atoms. The monoisotopic (exact) mass is 309 g/mol. The van der Waals surface area contributed by atoms with Gasteiger partial charge in [0.15, 0.2) is 0 Å². The summed E-state index contributed by atoms with van der Waals surface area (Å²) in [6.07, 6.45) is 1.78. The van der Waals surface area contributed by atoms with E-state index in [1.807, 2.05) is 48.5 Å². The summed E-state index contributed by atoms with van der Waals surface area (Å²) in [6.45, 7) is 0.146. The van der Waals surface area contributed by atoms with Crippen LogP contribution in [0.2, 0.25) is 0 Å². The van der Waals surface area contributed by atoms with Crippen molar-refractivity contribution in [2.75, 3.05) is 6.61 Å². The first-order valence-corrected chi connectivity index (χ1v) is 7.34. The molecule has 3 aromatic rings. The van der Waals surface area contributed by atoms with Gasteiger partial charge in [0.1, 0.15) is 11.6 Å². The van der Waals surface area contributed by atoms with Crippen LogP contribution in [-0.2, 0) is 6.42 Å². The number of pyridine rings is 1. The molecule has 0 atom stereocenters. The molecule has 116 valence electrons. The van der Waals surface area contributed by atoms with Crippen molar-refractivity contribution in [3.63, 3.8) is 0 Å². The van der Waals surface area contributed by atoms with Gasteiger partial charge >= 0.3 is 0 Å². The van der Waals surface area contributed by atoms with Crippen molar-refractivity contribution >= 4 is 0 Å². The van der Waals surface area contributed by atoms with Crippen LogP contribution in [0.4, 0.5) is 4.39 Å². The summed E-state index contributed by atoms with van der Waals surface area (Å²) in [5, 5.41) is 8.95. The summed E-state index contributed by atoms with van der Waals surface area (Å²) >= 11 is 0. The topological polar surface area (TPSA) is 42.4 Å². The highest BCUT2D eigenvalue weighted by molar-refractivity contribution is 5.65. The highest BCUT2D eigenvalue weighted by atomic mass is 19.1. The van der Waals surface area contributed by atoms with Crippen molar-refractivity contribution in [2.45, 2.75) is 6.42 Å². The van der Waals surface area contributed by atoms with Crippen LogP contribution < -0.4 is 4.74 Å². The molecule has 0 amide bonds. The molecule has 2 aromatic carbocycles. The molecule has 4 heteroatoms. The molecule has 0 aliphatic rings. The number of hydrogen-bond acceptors (Lipinski definition) is 3. The minimum absolute atomic E-state index is 0.146. The normalized spacial score (nSPS) is 10.5. The zero-order valence-corrected chi connectivity index (χ0v) is 12.4. The average Bonchev–Trinajstić information content (AvgIpc) is 2.58. The van der Waals surface area contributed by atoms with Crippen LogP contribution in [0.15, 0.2) is 66.9 Å². The summed E-state index contributed by atoms with van der Waals surface area (Å²) in [7, 11) is 0. The van der Waals surface area contributed by atoms with Gasteiger partial charge in [-0.2, -0.15) is 0 Å². The zero-order chi connectivity index (χ0) is 16.1. The molecule has 3 rings (SSSR count). The Balaban J connectivity index is 1.80. The van der Waals surface area contributed by atoms with Gasteiger partial charge in [-0.05, 0) is 41.3 Å². The maximum atomic E-state index is 12.9. The van der Waals surface area contributed by atoms with Gasteiger partial charge in [0.2, 0.25) is 5.88 Å². The van der Waals surface area contributed by atoms with Crippen molar-refractivity contribution in [1.82, 2.24) is 4.98 Å². The van der Waals surface area contributed by atoms with Gasteiger partial charge in [-0.15, -0.1) is 0 Å². The second-order valence-corrected chi connectivity index (χ2v) is 5.12. The summed E-state index contributed by atoms with van der Waals surface area (Å²) in [4.78, 5) is 3.89. The largest absolute Gasteiger partial charge is 0.439 e. The van der Waals surface area contributed by atoms with Gasteiger partial charge in [-0.1, -0.05) is 36.4 Å². The number of rotatable bonds is 5. The Morgan fingerprint density at radius 2 is 1.78 bits per heavy atom. The Kier molecular flexibility index (Phi) is 4.64. The van der Waals surface area contributed by atoms with Crippen LogP contribution in [0, 0.1) is 5.82 Å². The lowest BCUT2D eigenvalue weighted by Gasteiger charge is -2.08. The van der Waals surface area contributed by atoms with E-state index in [0.29, 0.717) is 18.1 Å². The number of nitrogens with zero attached hydrogens (tertiary/aromatic N) is 1. The predicted molar refractivity (Wildman–Crippen MR) is 86.9 cm³/mol. The molecule has 1 aromatic heterocycles. The van der Waals surface area contributed by atoms with Gasteiger partial charge in [-0.3, -0.25) is 0 Å². The Bertz CT molecular complexity index is 770. The summed E-state index contributed by atoms with van der Waals surface area (Å²) < 4.78 is 18.5. The molecule has 3 nitrogen and oxygen atoms in total. The van der Waals surface area contributed by atoms with Crippen LogP contribution in [0.3, 0.4) is 0 Å². The molecular weight excluding hydrogens is 293 g/mol. The molecule has 0 spiro atoms. The maximum Gasteiger partial charge on any atom is 0.219 e. The second kappa shape index (κ2) is 7.03. The Hall–Kier alpha value is -2.72. The van der Waals surface area contributed by atoms with Crippen LogP contribution in [0.1, 0.15) is 5.56 Å². The molecule has 1 heterocycles. The van der Waals surface area contributed by atoms with Crippen molar-refractivity contribution < 1.29 is 14.2 Å². The first-order chi connectivity index (χ1) is 11.2. The Morgan fingerprint density at radius 3 is 2.48 bits per heavy atom. The van der Waals surface area contributed by atoms with Crippen LogP contribution >= 0.6 is 0 Å². The van der Waals surface area contributed by atoms with E-state index in [4.69, 9.17) is 9.84 Å². The Labute approximate surface area is 134 Å². The fourth-order valence-electron chi connectivity index (χ4n) is 2.28. The van der Waals surface area contributed by atoms with Gasteiger partial charge in [-0.25, -0.2) is 9.37 Å². The van der Waals surface area contributed by atoms with E-state index in [-0.39, 0.29) is 6.61 Å². The fourth-order valence-corrected chi connectivity index (χ4v) is 2.28. The van der Waals surface area contributed by atoms with Crippen molar-refractivity contribution in [3.05, 3.63) is 78.2 Å². The zero-order valence-electron chi connectivity index (χ0n) is 12.4. The fraction of sp³-hybridized carbons (Fsp3) is 0.105. The van der Waals surface area contributed by atoms with Crippen LogP contribution in [0.25, 0.3) is 11.1 Å².